The maximum atomic E-state index is 12.4. The number of carbonyl (C=O) groups excluding carboxylic acids is 1. The van der Waals surface area contributed by atoms with Gasteiger partial charge in [-0.05, 0) is 25.5 Å². The minimum absolute atomic E-state index is 0.186. The lowest BCUT2D eigenvalue weighted by Gasteiger charge is -2.20. The van der Waals surface area contributed by atoms with E-state index in [0.29, 0.717) is 30.0 Å². The molecule has 0 saturated heterocycles. The zero-order valence-electron chi connectivity index (χ0n) is 14.2. The van der Waals surface area contributed by atoms with Crippen LogP contribution in [0.4, 0.5) is 0 Å². The number of carboxylic acid groups (broad SMARTS) is 1. The van der Waals surface area contributed by atoms with Crippen LogP contribution in [0.1, 0.15) is 24.6 Å². The number of carboxylic acids is 1. The number of aliphatic carboxylic acids is 1. The molecule has 132 valence electrons. The minimum atomic E-state index is -1.09. The third kappa shape index (κ3) is 4.72. The second kappa shape index (κ2) is 8.18. The highest BCUT2D eigenvalue weighted by molar-refractivity contribution is 5.83. The maximum absolute atomic E-state index is 12.4. The Hall–Kier alpha value is -3.03. The Bertz CT molecular complexity index is 817. The lowest BCUT2D eigenvalue weighted by atomic mass is 10.1. The highest BCUT2D eigenvalue weighted by Gasteiger charge is 2.20. The van der Waals surface area contributed by atoms with Gasteiger partial charge in [0.25, 0.3) is 5.56 Å². The molecule has 2 heterocycles. The Kier molecular flexibility index (Phi) is 5.99. The van der Waals surface area contributed by atoms with E-state index in [1.807, 2.05) is 6.92 Å². The van der Waals surface area contributed by atoms with E-state index in [0.717, 1.165) is 0 Å². The Morgan fingerprint density at radius 3 is 2.68 bits per heavy atom. The van der Waals surface area contributed by atoms with Crippen LogP contribution in [0.25, 0.3) is 11.4 Å². The van der Waals surface area contributed by atoms with Crippen LogP contribution in [0.5, 0.6) is 0 Å². The topological polar surface area (TPSA) is 116 Å². The predicted molar refractivity (Wildman–Crippen MR) is 91.0 cm³/mol. The summed E-state index contributed by atoms with van der Waals surface area (Å²) in [7, 11) is 0. The van der Waals surface area contributed by atoms with Crippen LogP contribution in [0.3, 0.4) is 0 Å². The second-order valence-corrected chi connectivity index (χ2v) is 5.61. The normalized spacial score (nSPS) is 10.5. The van der Waals surface area contributed by atoms with E-state index in [1.54, 1.807) is 31.5 Å². The van der Waals surface area contributed by atoms with Gasteiger partial charge in [-0.25, -0.2) is 4.98 Å². The van der Waals surface area contributed by atoms with E-state index in [1.165, 1.54) is 4.90 Å². The summed E-state index contributed by atoms with van der Waals surface area (Å²) in [5.41, 5.74) is 0.928. The van der Waals surface area contributed by atoms with Crippen LogP contribution < -0.4 is 5.56 Å². The van der Waals surface area contributed by atoms with Crippen LogP contribution in [0, 0.1) is 6.92 Å². The highest BCUT2D eigenvalue weighted by atomic mass is 16.4. The van der Waals surface area contributed by atoms with Crippen molar-refractivity contribution in [3.05, 3.63) is 46.1 Å². The van der Waals surface area contributed by atoms with Crippen molar-refractivity contribution in [2.75, 3.05) is 13.1 Å². The lowest BCUT2D eigenvalue weighted by Crippen LogP contribution is -2.38. The third-order valence-corrected chi connectivity index (χ3v) is 3.66. The molecule has 8 nitrogen and oxygen atoms in total. The summed E-state index contributed by atoms with van der Waals surface area (Å²) in [6, 6.07) is 3.50. The molecular weight excluding hydrogens is 324 g/mol. The summed E-state index contributed by atoms with van der Waals surface area (Å²) in [6.07, 6.45) is 3.64. The summed E-state index contributed by atoms with van der Waals surface area (Å²) in [5, 5.41) is 8.92. The molecule has 25 heavy (non-hydrogen) atoms. The van der Waals surface area contributed by atoms with Crippen molar-refractivity contribution < 1.29 is 14.7 Å². The van der Waals surface area contributed by atoms with Crippen LogP contribution >= 0.6 is 0 Å². The summed E-state index contributed by atoms with van der Waals surface area (Å²) < 4.78 is 0. The first kappa shape index (κ1) is 18.3. The Morgan fingerprint density at radius 1 is 1.36 bits per heavy atom. The van der Waals surface area contributed by atoms with Gasteiger partial charge in [-0.15, -0.1) is 0 Å². The van der Waals surface area contributed by atoms with Gasteiger partial charge in [0.2, 0.25) is 5.91 Å². The van der Waals surface area contributed by atoms with Crippen molar-refractivity contribution in [1.29, 1.82) is 0 Å². The van der Waals surface area contributed by atoms with Gasteiger partial charge < -0.3 is 15.0 Å². The first-order valence-electron chi connectivity index (χ1n) is 7.92. The summed E-state index contributed by atoms with van der Waals surface area (Å²) >= 11 is 0. The number of H-pyrrole nitrogens is 1. The number of rotatable bonds is 7. The predicted octanol–water partition coefficient (Wildman–Crippen LogP) is 1.01. The van der Waals surface area contributed by atoms with Crippen LogP contribution in [0.15, 0.2) is 29.3 Å². The molecule has 0 spiro atoms. The number of hydrogen-bond acceptors (Lipinski definition) is 5. The minimum Gasteiger partial charge on any atom is -0.480 e. The number of carbonyl (C=O) groups is 2. The molecule has 0 saturated carbocycles. The number of aromatic amines is 1. The first-order chi connectivity index (χ1) is 11.9. The maximum Gasteiger partial charge on any atom is 0.323 e. The van der Waals surface area contributed by atoms with Gasteiger partial charge in [0.15, 0.2) is 0 Å². The molecule has 0 aliphatic heterocycles. The van der Waals surface area contributed by atoms with E-state index in [4.69, 9.17) is 5.11 Å². The molecule has 0 aromatic carbocycles. The number of amides is 1. The van der Waals surface area contributed by atoms with Gasteiger partial charge in [-0.1, -0.05) is 6.92 Å². The number of nitrogens with zero attached hydrogens (tertiary/aromatic N) is 3. The number of aromatic nitrogens is 3. The molecule has 0 atom stereocenters. The third-order valence-electron chi connectivity index (χ3n) is 3.66. The lowest BCUT2D eigenvalue weighted by molar-refractivity contribution is -0.144. The Morgan fingerprint density at radius 2 is 2.12 bits per heavy atom. The second-order valence-electron chi connectivity index (χ2n) is 5.61. The van der Waals surface area contributed by atoms with Crippen LogP contribution in [-0.2, 0) is 16.0 Å². The van der Waals surface area contributed by atoms with Gasteiger partial charge >= 0.3 is 5.97 Å². The SMILES string of the molecule is CCCN(CC(=O)O)C(=O)Cc1c(C)nc(-c2cccnc2)[nH]c1=O. The fourth-order valence-corrected chi connectivity index (χ4v) is 2.45. The van der Waals surface area contributed by atoms with E-state index in [9.17, 15) is 14.4 Å². The molecule has 1 amide bonds. The number of aryl methyl sites for hydroxylation is 1. The highest BCUT2D eigenvalue weighted by Crippen LogP contribution is 2.13. The van der Waals surface area contributed by atoms with Gasteiger partial charge in [-0.2, -0.15) is 0 Å². The molecule has 2 aromatic rings. The average molecular weight is 344 g/mol. The molecule has 2 rings (SSSR count). The molecule has 0 bridgehead atoms. The molecule has 0 aliphatic rings. The van der Waals surface area contributed by atoms with Gasteiger partial charge in [-0.3, -0.25) is 19.4 Å². The van der Waals surface area contributed by atoms with E-state index in [-0.39, 0.29) is 18.5 Å². The quantitative estimate of drug-likeness (QED) is 0.774. The molecule has 2 aromatic heterocycles. The largest absolute Gasteiger partial charge is 0.480 e. The van der Waals surface area contributed by atoms with Gasteiger partial charge in [0.05, 0.1) is 6.42 Å². The smallest absolute Gasteiger partial charge is 0.323 e. The Labute approximate surface area is 144 Å². The van der Waals surface area contributed by atoms with Gasteiger partial charge in [0.1, 0.15) is 12.4 Å². The zero-order valence-corrected chi connectivity index (χ0v) is 14.2. The molecule has 0 unspecified atom stereocenters. The molecule has 2 N–H and O–H groups in total. The van der Waals surface area contributed by atoms with E-state index < -0.39 is 17.4 Å². The average Bonchev–Trinajstić information content (AvgIpc) is 2.57. The van der Waals surface area contributed by atoms with Crippen molar-refractivity contribution in [2.45, 2.75) is 26.7 Å². The molecular formula is C17H20N4O4. The fourth-order valence-electron chi connectivity index (χ4n) is 2.45. The summed E-state index contributed by atoms with van der Waals surface area (Å²) in [4.78, 5) is 47.8. The van der Waals surface area contributed by atoms with Crippen LogP contribution in [0.2, 0.25) is 0 Å². The van der Waals surface area contributed by atoms with Crippen molar-refractivity contribution in [1.82, 2.24) is 19.9 Å². The number of nitrogens with one attached hydrogen (secondary N) is 1. The van der Waals surface area contributed by atoms with Crippen molar-refractivity contribution in [2.24, 2.45) is 0 Å². The molecule has 0 aliphatic carbocycles. The van der Waals surface area contributed by atoms with Crippen LogP contribution in [-0.4, -0.2) is 49.9 Å². The monoisotopic (exact) mass is 344 g/mol. The van der Waals surface area contributed by atoms with E-state index >= 15 is 0 Å². The molecule has 8 heteroatoms. The molecule has 0 fully saturated rings. The standard InChI is InChI=1S/C17H20N4O4/c1-3-7-21(10-15(23)24)14(22)8-13-11(2)19-16(20-17(13)25)12-5-4-6-18-9-12/h4-6,9H,3,7-8,10H2,1-2H3,(H,23,24)(H,19,20,25). The summed E-state index contributed by atoms with van der Waals surface area (Å²) in [6.45, 7) is 3.44. The van der Waals surface area contributed by atoms with Gasteiger partial charge in [0, 0.05) is 35.8 Å². The van der Waals surface area contributed by atoms with E-state index in [2.05, 4.69) is 15.0 Å². The Balaban J connectivity index is 2.26. The van der Waals surface area contributed by atoms with Crippen molar-refractivity contribution in [3.63, 3.8) is 0 Å². The molecule has 0 radical (unpaired) electrons. The zero-order chi connectivity index (χ0) is 18.4. The fraction of sp³-hybridized carbons (Fsp3) is 0.353. The van der Waals surface area contributed by atoms with Crippen molar-refractivity contribution in [3.8, 4) is 11.4 Å². The summed E-state index contributed by atoms with van der Waals surface area (Å²) in [5.74, 6) is -1.12. The number of hydrogen-bond donors (Lipinski definition) is 2. The van der Waals surface area contributed by atoms with Crippen molar-refractivity contribution >= 4 is 11.9 Å². The number of pyridine rings is 1. The first-order valence-corrected chi connectivity index (χ1v) is 7.92.